The van der Waals surface area contributed by atoms with Crippen LogP contribution in [0.3, 0.4) is 0 Å². The number of hydrogen-bond donors (Lipinski definition) is 2. The molecule has 0 bridgehead atoms. The molecule has 0 fully saturated rings. The number of rotatable bonds is 5. The van der Waals surface area contributed by atoms with Crippen LogP contribution in [0.25, 0.3) is 0 Å². The molecule has 1 aliphatic rings. The molecule has 2 N–H and O–H groups in total. The van der Waals surface area contributed by atoms with Gasteiger partial charge in [0.05, 0.1) is 20.3 Å². The predicted molar refractivity (Wildman–Crippen MR) is 78.5 cm³/mol. The zero-order chi connectivity index (χ0) is 16.8. The van der Waals surface area contributed by atoms with E-state index in [1.165, 1.54) is 7.11 Å². The van der Waals surface area contributed by atoms with Crippen molar-refractivity contribution in [1.29, 1.82) is 0 Å². The number of carbonyl (C=O) groups is 2. The third-order valence-corrected chi connectivity index (χ3v) is 3.37. The van der Waals surface area contributed by atoms with Gasteiger partial charge in [0.15, 0.2) is 17.6 Å². The molecule has 1 aliphatic heterocycles. The predicted octanol–water partition coefficient (Wildman–Crippen LogP) is 0.259. The molecular weight excluding hydrogens is 306 g/mol. The topological polar surface area (TPSA) is 103 Å². The fourth-order valence-corrected chi connectivity index (χ4v) is 2.21. The lowest BCUT2D eigenvalue weighted by Crippen LogP contribution is -2.48. The number of nitrogens with one attached hydrogen (secondary N) is 1. The summed E-state index contributed by atoms with van der Waals surface area (Å²) in [6.45, 7) is 0.936. The van der Waals surface area contributed by atoms with Gasteiger partial charge in [-0.25, -0.2) is 9.59 Å². The van der Waals surface area contributed by atoms with Gasteiger partial charge in [-0.2, -0.15) is 0 Å². The summed E-state index contributed by atoms with van der Waals surface area (Å²) in [4.78, 5) is 23.0. The quantitative estimate of drug-likeness (QED) is 0.748. The van der Waals surface area contributed by atoms with Gasteiger partial charge in [-0.05, 0) is 24.1 Å². The summed E-state index contributed by atoms with van der Waals surface area (Å²) in [5.41, 5.74) is 0.749. The third-order valence-electron chi connectivity index (χ3n) is 3.37. The summed E-state index contributed by atoms with van der Waals surface area (Å²) >= 11 is 0. The number of esters is 1. The van der Waals surface area contributed by atoms with E-state index >= 15 is 0 Å². The highest BCUT2D eigenvalue weighted by Crippen LogP contribution is 2.31. The number of carbonyl (C=O) groups excluding carboxylic acids is 2. The molecular formula is C15H19NO7. The summed E-state index contributed by atoms with van der Waals surface area (Å²) in [7, 11) is 2.35. The zero-order valence-electron chi connectivity index (χ0n) is 12.9. The van der Waals surface area contributed by atoms with Crippen LogP contribution in [0, 0.1) is 0 Å². The van der Waals surface area contributed by atoms with Crippen molar-refractivity contribution < 1.29 is 33.6 Å². The van der Waals surface area contributed by atoms with Gasteiger partial charge in [0.2, 0.25) is 0 Å². The number of aliphatic hydroxyl groups excluding tert-OH is 1. The largest absolute Gasteiger partial charge is 0.486 e. The molecule has 2 rings (SSSR count). The lowest BCUT2D eigenvalue weighted by Gasteiger charge is -2.23. The fourth-order valence-electron chi connectivity index (χ4n) is 2.21. The molecule has 8 nitrogen and oxygen atoms in total. The van der Waals surface area contributed by atoms with Crippen molar-refractivity contribution in [2.75, 3.05) is 27.4 Å². The number of fused-ring (bicyclic) bond motifs is 1. The van der Waals surface area contributed by atoms with Crippen molar-refractivity contribution in [3.63, 3.8) is 0 Å². The minimum absolute atomic E-state index is 0.183. The molecule has 23 heavy (non-hydrogen) atoms. The van der Waals surface area contributed by atoms with Crippen LogP contribution in [0.2, 0.25) is 0 Å². The van der Waals surface area contributed by atoms with Crippen molar-refractivity contribution in [3.05, 3.63) is 23.8 Å². The molecule has 8 heteroatoms. The normalized spacial score (nSPS) is 15.3. The van der Waals surface area contributed by atoms with E-state index in [-0.39, 0.29) is 6.42 Å². The molecule has 1 aromatic carbocycles. The monoisotopic (exact) mass is 325 g/mol. The third kappa shape index (κ3) is 4.26. The van der Waals surface area contributed by atoms with E-state index in [0.717, 1.165) is 12.7 Å². The Morgan fingerprint density at radius 3 is 2.57 bits per heavy atom. The zero-order valence-corrected chi connectivity index (χ0v) is 12.9. The summed E-state index contributed by atoms with van der Waals surface area (Å²) in [6.07, 6.45) is -2.09. The fraction of sp³-hybridized carbons (Fsp3) is 0.467. The van der Waals surface area contributed by atoms with E-state index in [2.05, 4.69) is 14.8 Å². The average Bonchev–Trinajstić information content (AvgIpc) is 2.59. The number of benzene rings is 1. The first-order chi connectivity index (χ1) is 11.0. The van der Waals surface area contributed by atoms with Crippen molar-refractivity contribution >= 4 is 12.1 Å². The highest BCUT2D eigenvalue weighted by molar-refractivity contribution is 5.77. The van der Waals surface area contributed by atoms with Crippen LogP contribution in [0.5, 0.6) is 11.5 Å². The van der Waals surface area contributed by atoms with Crippen LogP contribution in [0.15, 0.2) is 18.2 Å². The second-order valence-corrected chi connectivity index (χ2v) is 4.89. The number of hydrogen-bond acceptors (Lipinski definition) is 7. The molecule has 2 unspecified atom stereocenters. The summed E-state index contributed by atoms with van der Waals surface area (Å²) in [5.74, 6) is 0.369. The minimum Gasteiger partial charge on any atom is -0.486 e. The lowest BCUT2D eigenvalue weighted by molar-refractivity contribution is -0.151. The Bertz CT molecular complexity index is 575. The van der Waals surface area contributed by atoms with Crippen molar-refractivity contribution in [2.24, 2.45) is 0 Å². The van der Waals surface area contributed by atoms with E-state index in [4.69, 9.17) is 9.47 Å². The summed E-state index contributed by atoms with van der Waals surface area (Å²) in [5, 5.41) is 12.4. The van der Waals surface area contributed by atoms with Crippen molar-refractivity contribution in [1.82, 2.24) is 5.32 Å². The van der Waals surface area contributed by atoms with Gasteiger partial charge in [0.25, 0.3) is 0 Å². The van der Waals surface area contributed by atoms with E-state index < -0.39 is 24.2 Å². The molecule has 0 aliphatic carbocycles. The maximum Gasteiger partial charge on any atom is 0.407 e. The summed E-state index contributed by atoms with van der Waals surface area (Å²) in [6, 6.07) is 4.34. The standard InChI is InChI=1S/C15H19NO7/c1-20-14(18)13(17)10(16-15(19)21-2)7-9-3-4-11-12(8-9)23-6-5-22-11/h3-4,8,10,13,17H,5-7H2,1-2H3,(H,16,19). The van der Waals surface area contributed by atoms with Crippen LogP contribution in [0.4, 0.5) is 4.79 Å². The molecule has 126 valence electrons. The van der Waals surface area contributed by atoms with Crippen LogP contribution in [-0.4, -0.2) is 56.7 Å². The Labute approximate surface area is 133 Å². The van der Waals surface area contributed by atoms with E-state index in [0.29, 0.717) is 24.7 Å². The van der Waals surface area contributed by atoms with Gasteiger partial charge in [-0.1, -0.05) is 6.07 Å². The van der Waals surface area contributed by atoms with Gasteiger partial charge < -0.3 is 29.4 Å². The van der Waals surface area contributed by atoms with E-state index in [1.807, 2.05) is 0 Å². The Kier molecular flexibility index (Phi) is 5.64. The maximum atomic E-state index is 11.5. The number of alkyl carbamates (subject to hydrolysis) is 1. The van der Waals surface area contributed by atoms with Crippen molar-refractivity contribution in [2.45, 2.75) is 18.6 Å². The molecule has 0 radical (unpaired) electrons. The molecule has 0 aromatic heterocycles. The van der Waals surface area contributed by atoms with E-state index in [1.54, 1.807) is 18.2 Å². The number of methoxy groups -OCH3 is 2. The molecule has 1 heterocycles. The lowest BCUT2D eigenvalue weighted by atomic mass is 10.0. The van der Waals surface area contributed by atoms with E-state index in [9.17, 15) is 14.7 Å². The first kappa shape index (κ1) is 16.9. The highest BCUT2D eigenvalue weighted by Gasteiger charge is 2.29. The average molecular weight is 325 g/mol. The molecule has 0 saturated carbocycles. The van der Waals surface area contributed by atoms with Gasteiger partial charge in [-0.15, -0.1) is 0 Å². The van der Waals surface area contributed by atoms with Gasteiger partial charge in [0.1, 0.15) is 13.2 Å². The van der Waals surface area contributed by atoms with Crippen LogP contribution < -0.4 is 14.8 Å². The number of amides is 1. The molecule has 1 aromatic rings. The van der Waals surface area contributed by atoms with Crippen molar-refractivity contribution in [3.8, 4) is 11.5 Å². The second kappa shape index (κ2) is 7.68. The maximum absolute atomic E-state index is 11.5. The smallest absolute Gasteiger partial charge is 0.407 e. The Morgan fingerprint density at radius 2 is 1.91 bits per heavy atom. The molecule has 0 spiro atoms. The SMILES string of the molecule is COC(=O)NC(Cc1ccc2c(c1)OCCO2)C(O)C(=O)OC. The van der Waals surface area contributed by atoms with Crippen LogP contribution >= 0.6 is 0 Å². The molecule has 2 atom stereocenters. The second-order valence-electron chi connectivity index (χ2n) is 4.89. The Morgan fingerprint density at radius 1 is 1.22 bits per heavy atom. The van der Waals surface area contributed by atoms with Crippen LogP contribution in [-0.2, 0) is 20.7 Å². The number of aliphatic hydroxyl groups is 1. The van der Waals surface area contributed by atoms with Gasteiger partial charge in [0, 0.05) is 0 Å². The van der Waals surface area contributed by atoms with Gasteiger partial charge >= 0.3 is 12.1 Å². The summed E-state index contributed by atoms with van der Waals surface area (Å²) < 4.78 is 19.9. The van der Waals surface area contributed by atoms with Gasteiger partial charge in [-0.3, -0.25) is 0 Å². The first-order valence-corrected chi connectivity index (χ1v) is 7.04. The minimum atomic E-state index is -1.52. The first-order valence-electron chi connectivity index (χ1n) is 7.04. The molecule has 0 saturated heterocycles. The molecule has 1 amide bonds. The Balaban J connectivity index is 2.15. The Hall–Kier alpha value is -2.48. The number of ether oxygens (including phenoxy) is 4. The highest BCUT2D eigenvalue weighted by atomic mass is 16.6. The van der Waals surface area contributed by atoms with Crippen LogP contribution in [0.1, 0.15) is 5.56 Å².